The zero-order valence-electron chi connectivity index (χ0n) is 14.9. The van der Waals surface area contributed by atoms with Gasteiger partial charge < -0.3 is 18.9 Å². The first-order valence-electron chi connectivity index (χ1n) is 8.30. The molecule has 0 saturated heterocycles. The van der Waals surface area contributed by atoms with Crippen molar-refractivity contribution in [1.29, 1.82) is 0 Å². The Kier molecular flexibility index (Phi) is 9.60. The number of halogens is 3. The van der Waals surface area contributed by atoms with E-state index in [2.05, 4.69) is 67.8 Å². The van der Waals surface area contributed by atoms with Crippen LogP contribution >= 0.6 is 75.4 Å². The summed E-state index contributed by atoms with van der Waals surface area (Å²) in [6.45, 7) is 4.36. The van der Waals surface area contributed by atoms with Gasteiger partial charge in [0.25, 0.3) is 0 Å². The maximum atomic E-state index is 12.6. The van der Waals surface area contributed by atoms with Gasteiger partial charge in [0.05, 0.1) is 30.1 Å². The van der Waals surface area contributed by atoms with Crippen LogP contribution in [0.1, 0.15) is 19.4 Å². The van der Waals surface area contributed by atoms with E-state index >= 15 is 0 Å². The lowest BCUT2D eigenvalue weighted by atomic mass is 10.2. The summed E-state index contributed by atoms with van der Waals surface area (Å²) in [5, 5.41) is 9.65. The van der Waals surface area contributed by atoms with Gasteiger partial charge in [-0.1, -0.05) is 0 Å². The molecule has 0 aromatic heterocycles. The van der Waals surface area contributed by atoms with Crippen molar-refractivity contribution in [3.63, 3.8) is 0 Å². The van der Waals surface area contributed by atoms with Crippen LogP contribution in [0.3, 0.4) is 0 Å². The van der Waals surface area contributed by atoms with Gasteiger partial charge in [-0.05, 0) is 124 Å². The van der Waals surface area contributed by atoms with E-state index < -0.39 is 7.60 Å². The average Bonchev–Trinajstić information content (AvgIpc) is 2.60. The fourth-order valence-corrected chi connectivity index (χ4v) is 6.60. The number of hydrogen-bond donors (Lipinski definition) is 1. The zero-order chi connectivity index (χ0) is 20.0. The molecule has 0 unspecified atom stereocenters. The molecule has 0 aliphatic heterocycles. The van der Waals surface area contributed by atoms with Gasteiger partial charge in [0, 0.05) is 0 Å². The number of phenolic OH excluding ortho intramolecular Hbond substituents is 1. The van der Waals surface area contributed by atoms with Crippen LogP contribution in [0.5, 0.6) is 17.2 Å². The molecular weight excluding hydrogens is 708 g/mol. The lowest BCUT2D eigenvalue weighted by Gasteiger charge is -2.17. The van der Waals surface area contributed by atoms with Gasteiger partial charge >= 0.3 is 7.60 Å². The van der Waals surface area contributed by atoms with E-state index in [0.717, 1.165) is 22.0 Å². The molecule has 148 valence electrons. The number of aryl methyl sites for hydroxylation is 1. The lowest BCUT2D eigenvalue weighted by molar-refractivity contribution is 0.220. The number of rotatable bonds is 9. The first kappa shape index (κ1) is 23.7. The normalized spacial score (nSPS) is 11.6. The predicted molar refractivity (Wildman–Crippen MR) is 132 cm³/mol. The van der Waals surface area contributed by atoms with Crippen molar-refractivity contribution in [2.75, 3.05) is 19.4 Å². The van der Waals surface area contributed by atoms with Gasteiger partial charge in [0.15, 0.2) is 5.75 Å². The van der Waals surface area contributed by atoms with Gasteiger partial charge in [-0.2, -0.15) is 0 Å². The summed E-state index contributed by atoms with van der Waals surface area (Å²) in [4.78, 5) is 0. The van der Waals surface area contributed by atoms with Crippen molar-refractivity contribution in [2.24, 2.45) is 0 Å². The summed E-state index contributed by atoms with van der Waals surface area (Å²) in [6, 6.07) is 9.18. The smallest absolute Gasteiger partial charge is 0.330 e. The number of ether oxygens (including phenoxy) is 1. The number of benzene rings is 2. The minimum absolute atomic E-state index is 0.232. The van der Waals surface area contributed by atoms with E-state index in [9.17, 15) is 9.67 Å². The highest BCUT2D eigenvalue weighted by molar-refractivity contribution is 14.1. The average molecular weight is 728 g/mol. The molecule has 2 aromatic rings. The second-order valence-electron chi connectivity index (χ2n) is 5.52. The Balaban J connectivity index is 2.16. The Hall–Kier alpha value is 0.380. The Morgan fingerprint density at radius 3 is 2.07 bits per heavy atom. The molecule has 5 nitrogen and oxygen atoms in total. The monoisotopic (exact) mass is 728 g/mol. The second kappa shape index (κ2) is 11.0. The summed E-state index contributed by atoms with van der Waals surface area (Å²) in [5.74, 6) is 1.66. The fraction of sp³-hybridized carbons (Fsp3) is 0.333. The van der Waals surface area contributed by atoms with Gasteiger partial charge in [-0.25, -0.2) is 0 Å². The third-order valence-electron chi connectivity index (χ3n) is 3.52. The van der Waals surface area contributed by atoms with Gasteiger partial charge in [0.2, 0.25) is 0 Å². The molecule has 1 N–H and O–H groups in total. The fourth-order valence-electron chi connectivity index (χ4n) is 2.35. The molecule has 0 saturated carbocycles. The molecule has 0 radical (unpaired) electrons. The highest BCUT2D eigenvalue weighted by Crippen LogP contribution is 2.48. The maximum Gasteiger partial charge on any atom is 0.330 e. The topological polar surface area (TPSA) is 65.0 Å². The van der Waals surface area contributed by atoms with Crippen LogP contribution in [0.2, 0.25) is 0 Å². The lowest BCUT2D eigenvalue weighted by Crippen LogP contribution is -2.03. The van der Waals surface area contributed by atoms with E-state index in [1.54, 1.807) is 18.2 Å². The Bertz CT molecular complexity index is 811. The number of phenols is 1. The van der Waals surface area contributed by atoms with Crippen LogP contribution in [0.15, 0.2) is 30.3 Å². The van der Waals surface area contributed by atoms with Crippen molar-refractivity contribution in [1.82, 2.24) is 0 Å². The Morgan fingerprint density at radius 1 is 0.963 bits per heavy atom. The molecule has 9 heteroatoms. The third-order valence-corrected chi connectivity index (χ3v) is 8.06. The van der Waals surface area contributed by atoms with E-state index in [1.807, 2.05) is 26.0 Å². The van der Waals surface area contributed by atoms with E-state index in [0.29, 0.717) is 31.5 Å². The van der Waals surface area contributed by atoms with Crippen molar-refractivity contribution in [3.05, 3.63) is 46.6 Å². The minimum Gasteiger partial charge on any atom is -0.507 e. The molecule has 0 spiro atoms. The third kappa shape index (κ3) is 6.98. The maximum absolute atomic E-state index is 12.6. The molecule has 0 amide bonds. The summed E-state index contributed by atoms with van der Waals surface area (Å²) in [5.41, 5.74) is 1.05. The molecule has 0 bridgehead atoms. The van der Waals surface area contributed by atoms with Gasteiger partial charge in [-0.3, -0.25) is 4.57 Å². The van der Waals surface area contributed by atoms with Crippen molar-refractivity contribution in [3.8, 4) is 17.2 Å². The second-order valence-corrected chi connectivity index (χ2v) is 11.2. The highest BCUT2D eigenvalue weighted by Gasteiger charge is 2.23. The van der Waals surface area contributed by atoms with Crippen molar-refractivity contribution in [2.45, 2.75) is 20.3 Å². The van der Waals surface area contributed by atoms with E-state index in [1.165, 1.54) is 0 Å². The summed E-state index contributed by atoms with van der Waals surface area (Å²) < 4.78 is 32.0. The quantitative estimate of drug-likeness (QED) is 0.227. The molecule has 0 aliphatic carbocycles. The standard InChI is InChI=1S/C18H20I3O5P/c1-3-24-27(23,25-4-2)8-7-12-9-15(20)18(16(21)10-12)26-13-5-6-17(22)14(19)11-13/h5-6,9-11,22H,3-4,7-8H2,1-2H3. The summed E-state index contributed by atoms with van der Waals surface area (Å²) >= 11 is 6.53. The molecule has 0 heterocycles. The van der Waals surface area contributed by atoms with Crippen LogP contribution in [0.4, 0.5) is 0 Å². The zero-order valence-corrected chi connectivity index (χ0v) is 22.2. The Labute approximate surface area is 200 Å². The van der Waals surface area contributed by atoms with Gasteiger partial charge in [0.1, 0.15) is 11.5 Å². The first-order chi connectivity index (χ1) is 12.8. The van der Waals surface area contributed by atoms with Crippen LogP contribution in [-0.2, 0) is 20.0 Å². The van der Waals surface area contributed by atoms with Crippen LogP contribution in [-0.4, -0.2) is 24.5 Å². The first-order valence-corrected chi connectivity index (χ1v) is 13.3. The Morgan fingerprint density at radius 2 is 1.56 bits per heavy atom. The SMILES string of the molecule is CCOP(=O)(CCc1cc(I)c(Oc2ccc(O)c(I)c2)c(I)c1)OCC. The number of hydrogen-bond acceptors (Lipinski definition) is 5. The van der Waals surface area contributed by atoms with Crippen LogP contribution < -0.4 is 4.74 Å². The predicted octanol–water partition coefficient (Wildman–Crippen LogP) is 6.81. The molecule has 2 aromatic carbocycles. The van der Waals surface area contributed by atoms with Crippen molar-refractivity contribution >= 4 is 75.4 Å². The molecule has 0 atom stereocenters. The number of aromatic hydroxyl groups is 1. The van der Waals surface area contributed by atoms with Crippen LogP contribution in [0, 0.1) is 10.7 Å². The molecule has 2 rings (SSSR count). The molecule has 27 heavy (non-hydrogen) atoms. The molecule has 0 fully saturated rings. The molecule has 0 aliphatic rings. The van der Waals surface area contributed by atoms with Gasteiger partial charge in [-0.15, -0.1) is 0 Å². The largest absolute Gasteiger partial charge is 0.507 e. The summed E-state index contributed by atoms with van der Waals surface area (Å²) in [7, 11) is -3.05. The van der Waals surface area contributed by atoms with Crippen molar-refractivity contribution < 1.29 is 23.5 Å². The van der Waals surface area contributed by atoms with E-state index in [-0.39, 0.29) is 5.75 Å². The van der Waals surface area contributed by atoms with Crippen LogP contribution in [0.25, 0.3) is 0 Å². The highest BCUT2D eigenvalue weighted by atomic mass is 127. The minimum atomic E-state index is -3.05. The van der Waals surface area contributed by atoms with E-state index in [4.69, 9.17) is 13.8 Å². The molecular formula is C18H20I3O5P. The summed E-state index contributed by atoms with van der Waals surface area (Å²) in [6.07, 6.45) is 0.942.